The van der Waals surface area contributed by atoms with Crippen LogP contribution in [0.25, 0.3) is 0 Å². The number of nitrogens with two attached hydrogens (primary N) is 1. The summed E-state index contributed by atoms with van der Waals surface area (Å²) in [5, 5.41) is 12.5. The second-order valence-electron chi connectivity index (χ2n) is 4.78. The Bertz CT molecular complexity index is 490. The molecule has 3 unspecified atom stereocenters. The number of carbonyl (C=O) groups is 1. The molecule has 1 aromatic carbocycles. The lowest BCUT2D eigenvalue weighted by Crippen LogP contribution is -2.64. The molecule has 4 N–H and O–H groups in total. The highest BCUT2D eigenvalue weighted by atomic mass is 16.5. The quantitative estimate of drug-likeness (QED) is 0.735. The monoisotopic (exact) mass is 280 g/mol. The SMILES string of the molecule is CCOC1CC(N)C1NC(=O)c1ccc(OC)c(O)c1. The largest absolute Gasteiger partial charge is 0.504 e. The minimum absolute atomic E-state index is 0.0363. The molecule has 1 saturated carbocycles. The fraction of sp³-hybridized carbons (Fsp3) is 0.500. The van der Waals surface area contributed by atoms with Gasteiger partial charge in [0.15, 0.2) is 11.5 Å². The molecule has 2 rings (SSSR count). The fourth-order valence-electron chi connectivity index (χ4n) is 2.29. The van der Waals surface area contributed by atoms with E-state index in [1.54, 1.807) is 12.1 Å². The highest BCUT2D eigenvalue weighted by Crippen LogP contribution is 2.27. The normalized spacial score (nSPS) is 24.9. The van der Waals surface area contributed by atoms with Crippen molar-refractivity contribution in [3.8, 4) is 11.5 Å². The van der Waals surface area contributed by atoms with Crippen molar-refractivity contribution in [1.29, 1.82) is 0 Å². The average molecular weight is 280 g/mol. The van der Waals surface area contributed by atoms with E-state index in [4.69, 9.17) is 15.2 Å². The van der Waals surface area contributed by atoms with Crippen molar-refractivity contribution in [1.82, 2.24) is 5.32 Å². The van der Waals surface area contributed by atoms with Gasteiger partial charge in [0.05, 0.1) is 19.3 Å². The molecule has 110 valence electrons. The molecule has 0 heterocycles. The molecule has 0 spiro atoms. The van der Waals surface area contributed by atoms with E-state index in [1.807, 2.05) is 6.92 Å². The molecule has 0 aliphatic heterocycles. The molecule has 1 aromatic rings. The van der Waals surface area contributed by atoms with Gasteiger partial charge in [-0.2, -0.15) is 0 Å². The fourth-order valence-corrected chi connectivity index (χ4v) is 2.29. The first-order valence-corrected chi connectivity index (χ1v) is 6.61. The predicted molar refractivity (Wildman–Crippen MR) is 73.9 cm³/mol. The van der Waals surface area contributed by atoms with Gasteiger partial charge in [0.2, 0.25) is 0 Å². The molecule has 1 aliphatic carbocycles. The zero-order valence-electron chi connectivity index (χ0n) is 11.6. The molecular formula is C14H20N2O4. The van der Waals surface area contributed by atoms with Crippen LogP contribution in [0.15, 0.2) is 18.2 Å². The number of phenolic OH excluding ortho intramolecular Hbond substituents is 1. The lowest BCUT2D eigenvalue weighted by atomic mass is 9.83. The number of rotatable bonds is 5. The predicted octanol–water partition coefficient (Wildman–Crippen LogP) is 0.635. The van der Waals surface area contributed by atoms with Crippen molar-refractivity contribution in [3.63, 3.8) is 0 Å². The molecule has 0 radical (unpaired) electrons. The maximum atomic E-state index is 12.1. The number of phenols is 1. The zero-order chi connectivity index (χ0) is 14.7. The van der Waals surface area contributed by atoms with Crippen molar-refractivity contribution in [2.24, 2.45) is 5.73 Å². The van der Waals surface area contributed by atoms with Crippen molar-refractivity contribution in [3.05, 3.63) is 23.8 Å². The number of hydrogen-bond acceptors (Lipinski definition) is 5. The van der Waals surface area contributed by atoms with Crippen LogP contribution < -0.4 is 15.8 Å². The summed E-state index contributed by atoms with van der Waals surface area (Å²) in [6, 6.07) is 4.22. The molecule has 20 heavy (non-hydrogen) atoms. The summed E-state index contributed by atoms with van der Waals surface area (Å²) >= 11 is 0. The number of carbonyl (C=O) groups excluding carboxylic acids is 1. The van der Waals surface area contributed by atoms with Crippen LogP contribution in [-0.2, 0) is 4.74 Å². The Morgan fingerprint density at radius 1 is 1.55 bits per heavy atom. The molecule has 6 nitrogen and oxygen atoms in total. The van der Waals surface area contributed by atoms with Gasteiger partial charge in [0.1, 0.15) is 0 Å². The number of ether oxygens (including phenoxy) is 2. The topological polar surface area (TPSA) is 93.8 Å². The number of amides is 1. The average Bonchev–Trinajstić information content (AvgIpc) is 2.44. The van der Waals surface area contributed by atoms with Crippen LogP contribution in [0.1, 0.15) is 23.7 Å². The van der Waals surface area contributed by atoms with E-state index in [-0.39, 0.29) is 29.8 Å². The van der Waals surface area contributed by atoms with Gasteiger partial charge in [0, 0.05) is 18.2 Å². The highest BCUT2D eigenvalue weighted by molar-refractivity contribution is 5.95. The Morgan fingerprint density at radius 2 is 2.30 bits per heavy atom. The molecule has 0 bridgehead atoms. The van der Waals surface area contributed by atoms with Crippen molar-refractivity contribution in [2.75, 3.05) is 13.7 Å². The lowest BCUT2D eigenvalue weighted by molar-refractivity contribution is -0.0300. The summed E-state index contributed by atoms with van der Waals surface area (Å²) in [6.07, 6.45) is 0.706. The van der Waals surface area contributed by atoms with Crippen LogP contribution >= 0.6 is 0 Å². The lowest BCUT2D eigenvalue weighted by Gasteiger charge is -2.42. The van der Waals surface area contributed by atoms with Gasteiger partial charge < -0.3 is 25.6 Å². The number of hydrogen-bond donors (Lipinski definition) is 3. The van der Waals surface area contributed by atoms with Gasteiger partial charge in [-0.15, -0.1) is 0 Å². The number of aromatic hydroxyl groups is 1. The van der Waals surface area contributed by atoms with Gasteiger partial charge in [-0.1, -0.05) is 0 Å². The molecule has 3 atom stereocenters. The van der Waals surface area contributed by atoms with Crippen molar-refractivity contribution in [2.45, 2.75) is 31.5 Å². The van der Waals surface area contributed by atoms with Crippen LogP contribution in [0.3, 0.4) is 0 Å². The smallest absolute Gasteiger partial charge is 0.251 e. The first-order chi connectivity index (χ1) is 9.56. The second-order valence-corrected chi connectivity index (χ2v) is 4.78. The van der Waals surface area contributed by atoms with E-state index >= 15 is 0 Å². The summed E-state index contributed by atoms with van der Waals surface area (Å²) in [6.45, 7) is 2.50. The molecule has 6 heteroatoms. The first-order valence-electron chi connectivity index (χ1n) is 6.61. The maximum absolute atomic E-state index is 12.1. The molecule has 1 amide bonds. The van der Waals surface area contributed by atoms with E-state index in [9.17, 15) is 9.90 Å². The standard InChI is InChI=1S/C14H20N2O4/c1-3-20-12-7-9(15)13(12)16-14(18)8-4-5-11(19-2)10(17)6-8/h4-6,9,12-13,17H,3,7,15H2,1-2H3,(H,16,18). The Morgan fingerprint density at radius 3 is 2.85 bits per heavy atom. The Hall–Kier alpha value is -1.79. The summed E-state index contributed by atoms with van der Waals surface area (Å²) in [4.78, 5) is 12.1. The van der Waals surface area contributed by atoms with Crippen molar-refractivity contribution >= 4 is 5.91 Å². The Kier molecular flexibility index (Phi) is 4.46. The van der Waals surface area contributed by atoms with E-state index in [0.717, 1.165) is 6.42 Å². The third-order valence-electron chi connectivity index (χ3n) is 3.49. The summed E-state index contributed by atoms with van der Waals surface area (Å²) in [5.74, 6) is -0.0266. The van der Waals surface area contributed by atoms with Gasteiger partial charge in [-0.3, -0.25) is 4.79 Å². The highest BCUT2D eigenvalue weighted by Gasteiger charge is 2.40. The molecule has 1 fully saturated rings. The van der Waals surface area contributed by atoms with Crippen LogP contribution in [0.2, 0.25) is 0 Å². The number of nitrogens with one attached hydrogen (secondary N) is 1. The second kappa shape index (κ2) is 6.11. The van der Waals surface area contributed by atoms with Gasteiger partial charge >= 0.3 is 0 Å². The molecule has 1 aliphatic rings. The maximum Gasteiger partial charge on any atom is 0.251 e. The van der Waals surface area contributed by atoms with E-state index < -0.39 is 0 Å². The summed E-state index contributed by atoms with van der Waals surface area (Å²) in [5.41, 5.74) is 6.24. The van der Waals surface area contributed by atoms with Gasteiger partial charge in [0.25, 0.3) is 5.91 Å². The number of methoxy groups -OCH3 is 1. The van der Waals surface area contributed by atoms with Gasteiger partial charge in [-0.05, 0) is 31.5 Å². The third-order valence-corrected chi connectivity index (χ3v) is 3.49. The molecule has 0 saturated heterocycles. The minimum Gasteiger partial charge on any atom is -0.504 e. The molecule has 0 aromatic heterocycles. The van der Waals surface area contributed by atoms with Crippen LogP contribution in [0.5, 0.6) is 11.5 Å². The van der Waals surface area contributed by atoms with E-state index in [1.165, 1.54) is 13.2 Å². The van der Waals surface area contributed by atoms with E-state index in [0.29, 0.717) is 17.9 Å². The zero-order valence-corrected chi connectivity index (χ0v) is 11.6. The number of benzene rings is 1. The summed E-state index contributed by atoms with van der Waals surface area (Å²) < 4.78 is 10.4. The minimum atomic E-state index is -0.284. The first kappa shape index (κ1) is 14.6. The Balaban J connectivity index is 2.03. The van der Waals surface area contributed by atoms with Crippen molar-refractivity contribution < 1.29 is 19.4 Å². The van der Waals surface area contributed by atoms with Crippen LogP contribution in [0, 0.1) is 0 Å². The summed E-state index contributed by atoms with van der Waals surface area (Å²) in [7, 11) is 1.45. The van der Waals surface area contributed by atoms with Crippen LogP contribution in [0.4, 0.5) is 0 Å². The molecular weight excluding hydrogens is 260 g/mol. The van der Waals surface area contributed by atoms with Gasteiger partial charge in [-0.25, -0.2) is 0 Å². The van der Waals surface area contributed by atoms with Crippen LogP contribution in [-0.4, -0.2) is 42.9 Å². The Labute approximate surface area is 117 Å². The van der Waals surface area contributed by atoms with E-state index in [2.05, 4.69) is 5.32 Å². The third kappa shape index (κ3) is 2.86.